The van der Waals surface area contributed by atoms with Crippen molar-refractivity contribution >= 4 is 18.3 Å². The number of carbonyl (C=O) groups is 1. The van der Waals surface area contributed by atoms with Crippen molar-refractivity contribution in [1.82, 2.24) is 4.90 Å². The standard InChI is InChI=1S/C8H14N2O2.ClH/c9-3-1-2-8(11)10-4-6-12-7-5-10;/h1-2H,3-7,9H2;1H/b2-1+;. The number of carbonyl (C=O) groups excluding carboxylic acids is 1. The Morgan fingerprint density at radius 2 is 2.08 bits per heavy atom. The maximum Gasteiger partial charge on any atom is 0.246 e. The van der Waals surface area contributed by atoms with Gasteiger partial charge in [-0.2, -0.15) is 0 Å². The van der Waals surface area contributed by atoms with E-state index in [0.717, 1.165) is 0 Å². The van der Waals surface area contributed by atoms with E-state index in [2.05, 4.69) is 0 Å². The first-order valence-electron chi connectivity index (χ1n) is 4.08. The van der Waals surface area contributed by atoms with Gasteiger partial charge in [0.05, 0.1) is 13.2 Å². The van der Waals surface area contributed by atoms with Crippen LogP contribution in [0.3, 0.4) is 0 Å². The average Bonchev–Trinajstić information content (AvgIpc) is 2.15. The zero-order valence-electron chi connectivity index (χ0n) is 7.44. The number of hydrogen-bond acceptors (Lipinski definition) is 3. The molecule has 0 radical (unpaired) electrons. The molecule has 4 nitrogen and oxygen atoms in total. The van der Waals surface area contributed by atoms with Crippen molar-refractivity contribution < 1.29 is 9.53 Å². The van der Waals surface area contributed by atoms with E-state index in [-0.39, 0.29) is 18.3 Å². The average molecular weight is 207 g/mol. The van der Waals surface area contributed by atoms with Crippen molar-refractivity contribution in [3.8, 4) is 0 Å². The first kappa shape index (κ1) is 12.4. The van der Waals surface area contributed by atoms with Crippen molar-refractivity contribution in [1.29, 1.82) is 0 Å². The summed E-state index contributed by atoms with van der Waals surface area (Å²) in [5, 5.41) is 0. The Kier molecular flexibility index (Phi) is 6.58. The highest BCUT2D eigenvalue weighted by Gasteiger charge is 2.13. The molecule has 13 heavy (non-hydrogen) atoms. The Bertz CT molecular complexity index is 179. The highest BCUT2D eigenvalue weighted by Crippen LogP contribution is 1.97. The summed E-state index contributed by atoms with van der Waals surface area (Å²) in [6, 6.07) is 0. The quantitative estimate of drug-likeness (QED) is 0.636. The van der Waals surface area contributed by atoms with Crippen LogP contribution in [0.5, 0.6) is 0 Å². The van der Waals surface area contributed by atoms with Gasteiger partial charge in [-0.15, -0.1) is 12.4 Å². The molecule has 0 aromatic rings. The van der Waals surface area contributed by atoms with Gasteiger partial charge in [-0.3, -0.25) is 4.79 Å². The lowest BCUT2D eigenvalue weighted by Crippen LogP contribution is -2.39. The molecular formula is C8H15ClN2O2. The molecule has 0 aromatic carbocycles. The van der Waals surface area contributed by atoms with E-state index < -0.39 is 0 Å². The Hall–Kier alpha value is -0.580. The van der Waals surface area contributed by atoms with Gasteiger partial charge in [0.15, 0.2) is 0 Å². The van der Waals surface area contributed by atoms with Crippen LogP contribution in [0.4, 0.5) is 0 Å². The molecule has 1 rings (SSSR count). The first-order valence-corrected chi connectivity index (χ1v) is 4.08. The number of ether oxygens (including phenoxy) is 1. The van der Waals surface area contributed by atoms with E-state index in [1.165, 1.54) is 6.08 Å². The first-order chi connectivity index (χ1) is 5.84. The maximum absolute atomic E-state index is 11.3. The minimum Gasteiger partial charge on any atom is -0.378 e. The molecule has 0 bridgehead atoms. The summed E-state index contributed by atoms with van der Waals surface area (Å²) in [6.45, 7) is 3.07. The Balaban J connectivity index is 0.00000144. The number of halogens is 1. The van der Waals surface area contributed by atoms with Gasteiger partial charge in [-0.1, -0.05) is 6.08 Å². The third-order valence-corrected chi connectivity index (χ3v) is 1.72. The van der Waals surface area contributed by atoms with E-state index >= 15 is 0 Å². The molecule has 0 aliphatic carbocycles. The highest BCUT2D eigenvalue weighted by molar-refractivity contribution is 5.87. The molecule has 5 heteroatoms. The van der Waals surface area contributed by atoms with E-state index in [1.807, 2.05) is 0 Å². The lowest BCUT2D eigenvalue weighted by molar-refractivity contribution is -0.129. The Morgan fingerprint density at radius 3 is 2.62 bits per heavy atom. The van der Waals surface area contributed by atoms with Crippen molar-refractivity contribution in [3.05, 3.63) is 12.2 Å². The molecule has 1 aliphatic rings. The monoisotopic (exact) mass is 206 g/mol. The fourth-order valence-corrected chi connectivity index (χ4v) is 1.06. The van der Waals surface area contributed by atoms with Crippen LogP contribution in [0.25, 0.3) is 0 Å². The number of hydrogen-bond donors (Lipinski definition) is 1. The molecule has 2 N–H and O–H groups in total. The summed E-state index contributed by atoms with van der Waals surface area (Å²) in [6.07, 6.45) is 3.18. The van der Waals surface area contributed by atoms with Gasteiger partial charge in [0.25, 0.3) is 0 Å². The SMILES string of the molecule is Cl.NC/C=C/C(=O)N1CCOCC1. The van der Waals surface area contributed by atoms with Crippen LogP contribution in [-0.4, -0.2) is 43.7 Å². The molecular weight excluding hydrogens is 192 g/mol. The molecule has 0 spiro atoms. The van der Waals surface area contributed by atoms with Crippen LogP contribution in [-0.2, 0) is 9.53 Å². The van der Waals surface area contributed by atoms with Gasteiger partial charge in [-0.25, -0.2) is 0 Å². The molecule has 1 amide bonds. The highest BCUT2D eigenvalue weighted by atomic mass is 35.5. The topological polar surface area (TPSA) is 55.6 Å². The van der Waals surface area contributed by atoms with Gasteiger partial charge in [0.1, 0.15) is 0 Å². The summed E-state index contributed by atoms with van der Waals surface area (Å²) < 4.78 is 5.11. The summed E-state index contributed by atoms with van der Waals surface area (Å²) >= 11 is 0. The second-order valence-electron chi connectivity index (χ2n) is 2.58. The molecule has 0 atom stereocenters. The summed E-state index contributed by atoms with van der Waals surface area (Å²) in [4.78, 5) is 13.0. The second-order valence-corrected chi connectivity index (χ2v) is 2.58. The number of nitrogens with zero attached hydrogens (tertiary/aromatic N) is 1. The van der Waals surface area contributed by atoms with Crippen LogP contribution < -0.4 is 5.73 Å². The third kappa shape index (κ3) is 4.26. The zero-order chi connectivity index (χ0) is 8.81. The summed E-state index contributed by atoms with van der Waals surface area (Å²) in [5.74, 6) is 0.0313. The molecule has 0 saturated carbocycles. The van der Waals surface area contributed by atoms with Crippen molar-refractivity contribution in [2.45, 2.75) is 0 Å². The van der Waals surface area contributed by atoms with Crippen LogP contribution >= 0.6 is 12.4 Å². The van der Waals surface area contributed by atoms with Gasteiger partial charge >= 0.3 is 0 Å². The van der Waals surface area contributed by atoms with Gasteiger partial charge in [0, 0.05) is 25.7 Å². The molecule has 76 valence electrons. The van der Waals surface area contributed by atoms with Crippen molar-refractivity contribution in [2.75, 3.05) is 32.8 Å². The molecule has 0 unspecified atom stereocenters. The minimum absolute atomic E-state index is 0. The van der Waals surface area contributed by atoms with Crippen LogP contribution in [0.2, 0.25) is 0 Å². The predicted molar refractivity (Wildman–Crippen MR) is 52.8 cm³/mol. The second kappa shape index (κ2) is 6.88. The fraction of sp³-hybridized carbons (Fsp3) is 0.625. The largest absolute Gasteiger partial charge is 0.378 e. The van der Waals surface area contributed by atoms with Crippen LogP contribution in [0, 0.1) is 0 Å². The number of morpholine rings is 1. The third-order valence-electron chi connectivity index (χ3n) is 1.72. The molecule has 1 fully saturated rings. The van der Waals surface area contributed by atoms with Crippen LogP contribution in [0.15, 0.2) is 12.2 Å². The van der Waals surface area contributed by atoms with Crippen molar-refractivity contribution in [2.24, 2.45) is 5.73 Å². The molecule has 1 aliphatic heterocycles. The van der Waals surface area contributed by atoms with E-state index in [0.29, 0.717) is 32.8 Å². The van der Waals surface area contributed by atoms with Gasteiger partial charge in [-0.05, 0) is 0 Å². The smallest absolute Gasteiger partial charge is 0.246 e. The maximum atomic E-state index is 11.3. The number of amides is 1. The molecule has 1 heterocycles. The molecule has 0 aromatic heterocycles. The minimum atomic E-state index is 0. The van der Waals surface area contributed by atoms with E-state index in [4.69, 9.17) is 10.5 Å². The van der Waals surface area contributed by atoms with Crippen LogP contribution in [0.1, 0.15) is 0 Å². The van der Waals surface area contributed by atoms with E-state index in [9.17, 15) is 4.79 Å². The van der Waals surface area contributed by atoms with Crippen molar-refractivity contribution in [3.63, 3.8) is 0 Å². The Morgan fingerprint density at radius 1 is 1.46 bits per heavy atom. The Labute approximate surface area is 84.1 Å². The molecule has 1 saturated heterocycles. The normalized spacial score (nSPS) is 17.2. The lowest BCUT2D eigenvalue weighted by Gasteiger charge is -2.25. The number of nitrogens with two attached hydrogens (primary N) is 1. The zero-order valence-corrected chi connectivity index (χ0v) is 8.26. The predicted octanol–water partition coefficient (Wildman–Crippen LogP) is -0.218. The number of rotatable bonds is 2. The summed E-state index contributed by atoms with van der Waals surface area (Å²) in [7, 11) is 0. The van der Waals surface area contributed by atoms with Gasteiger partial charge in [0.2, 0.25) is 5.91 Å². The fourth-order valence-electron chi connectivity index (χ4n) is 1.06. The summed E-state index contributed by atoms with van der Waals surface area (Å²) in [5.41, 5.74) is 5.22. The lowest BCUT2D eigenvalue weighted by atomic mass is 10.3. The van der Waals surface area contributed by atoms with E-state index in [1.54, 1.807) is 11.0 Å². The van der Waals surface area contributed by atoms with Gasteiger partial charge < -0.3 is 15.4 Å².